The van der Waals surface area contributed by atoms with E-state index in [0.29, 0.717) is 16.6 Å². The third-order valence-electron chi connectivity index (χ3n) is 2.71. The average Bonchev–Trinajstić information content (AvgIpc) is 2.94. The van der Waals surface area contributed by atoms with Crippen LogP contribution in [0.1, 0.15) is 17.2 Å². The predicted octanol–water partition coefficient (Wildman–Crippen LogP) is 1.53. The van der Waals surface area contributed by atoms with E-state index in [1.165, 1.54) is 12.5 Å². The number of H-pyrrole nitrogens is 2. The molecule has 1 aromatic carbocycles. The Balaban J connectivity index is 2.08. The molecule has 3 aromatic rings. The molecular formula is C12H10N2O3. The summed E-state index contributed by atoms with van der Waals surface area (Å²) in [4.78, 5) is 16.4. The van der Waals surface area contributed by atoms with Crippen molar-refractivity contribution in [1.29, 1.82) is 0 Å². The van der Waals surface area contributed by atoms with Crippen molar-refractivity contribution in [2.24, 2.45) is 0 Å². The van der Waals surface area contributed by atoms with Gasteiger partial charge in [0.1, 0.15) is 6.10 Å². The SMILES string of the molecule is O=c1[nH]c2ccc(C(O)c3ccoc3)cc2[nH]1. The van der Waals surface area contributed by atoms with Gasteiger partial charge < -0.3 is 19.5 Å². The molecule has 0 amide bonds. The number of imidazole rings is 1. The molecule has 0 bridgehead atoms. The van der Waals surface area contributed by atoms with Crippen LogP contribution in [0.2, 0.25) is 0 Å². The monoisotopic (exact) mass is 230 g/mol. The minimum Gasteiger partial charge on any atom is -0.472 e. The number of aromatic nitrogens is 2. The smallest absolute Gasteiger partial charge is 0.323 e. The number of fused-ring (bicyclic) bond motifs is 1. The number of benzene rings is 1. The predicted molar refractivity (Wildman–Crippen MR) is 61.7 cm³/mol. The number of hydrogen-bond acceptors (Lipinski definition) is 3. The van der Waals surface area contributed by atoms with Crippen LogP contribution in [0.4, 0.5) is 0 Å². The Labute approximate surface area is 95.7 Å². The first-order chi connectivity index (χ1) is 8.24. The first-order valence-electron chi connectivity index (χ1n) is 5.16. The van der Waals surface area contributed by atoms with Crippen molar-refractivity contribution in [1.82, 2.24) is 9.97 Å². The Morgan fingerprint density at radius 3 is 2.71 bits per heavy atom. The average molecular weight is 230 g/mol. The molecule has 5 nitrogen and oxygen atoms in total. The van der Waals surface area contributed by atoms with Gasteiger partial charge in [0.25, 0.3) is 0 Å². The van der Waals surface area contributed by atoms with Crippen LogP contribution in [0.15, 0.2) is 46.0 Å². The minimum absolute atomic E-state index is 0.255. The summed E-state index contributed by atoms with van der Waals surface area (Å²) in [7, 11) is 0. The normalized spacial score (nSPS) is 13.0. The quantitative estimate of drug-likeness (QED) is 0.624. The number of aliphatic hydroxyl groups is 1. The fraction of sp³-hybridized carbons (Fsp3) is 0.0833. The zero-order valence-corrected chi connectivity index (χ0v) is 8.81. The lowest BCUT2D eigenvalue weighted by Crippen LogP contribution is -1.99. The van der Waals surface area contributed by atoms with Gasteiger partial charge in [-0.05, 0) is 23.8 Å². The second kappa shape index (κ2) is 3.64. The first kappa shape index (κ1) is 9.92. The molecule has 17 heavy (non-hydrogen) atoms. The van der Waals surface area contributed by atoms with Gasteiger partial charge in [0, 0.05) is 5.56 Å². The summed E-state index contributed by atoms with van der Waals surface area (Å²) in [6.45, 7) is 0. The lowest BCUT2D eigenvalue weighted by molar-refractivity contribution is 0.219. The molecule has 86 valence electrons. The zero-order valence-electron chi connectivity index (χ0n) is 8.81. The summed E-state index contributed by atoms with van der Waals surface area (Å²) in [5, 5.41) is 10.1. The molecule has 2 heterocycles. The summed E-state index contributed by atoms with van der Waals surface area (Å²) < 4.78 is 4.92. The van der Waals surface area contributed by atoms with Gasteiger partial charge in [0.15, 0.2) is 0 Å². The number of aromatic amines is 2. The first-order valence-corrected chi connectivity index (χ1v) is 5.16. The van der Waals surface area contributed by atoms with E-state index in [1.807, 2.05) is 0 Å². The van der Waals surface area contributed by atoms with Crippen LogP contribution in [0.3, 0.4) is 0 Å². The Bertz CT molecular complexity index is 694. The van der Waals surface area contributed by atoms with Crippen LogP contribution < -0.4 is 5.69 Å². The van der Waals surface area contributed by atoms with Crippen molar-refractivity contribution in [3.8, 4) is 0 Å². The van der Waals surface area contributed by atoms with E-state index >= 15 is 0 Å². The second-order valence-electron chi connectivity index (χ2n) is 3.84. The molecule has 0 aliphatic heterocycles. The molecule has 0 radical (unpaired) electrons. The molecule has 3 rings (SSSR count). The molecule has 0 spiro atoms. The molecular weight excluding hydrogens is 220 g/mol. The highest BCUT2D eigenvalue weighted by Crippen LogP contribution is 2.23. The molecule has 0 aliphatic carbocycles. The van der Waals surface area contributed by atoms with Crippen LogP contribution >= 0.6 is 0 Å². The third-order valence-corrected chi connectivity index (χ3v) is 2.71. The Hall–Kier alpha value is -2.27. The van der Waals surface area contributed by atoms with Crippen molar-refractivity contribution >= 4 is 11.0 Å². The maximum absolute atomic E-state index is 11.1. The molecule has 1 unspecified atom stereocenters. The van der Waals surface area contributed by atoms with Gasteiger partial charge in [-0.3, -0.25) is 0 Å². The van der Waals surface area contributed by atoms with E-state index < -0.39 is 6.10 Å². The lowest BCUT2D eigenvalue weighted by Gasteiger charge is -2.08. The summed E-state index contributed by atoms with van der Waals surface area (Å²) in [5.41, 5.74) is 2.53. The second-order valence-corrected chi connectivity index (χ2v) is 3.84. The lowest BCUT2D eigenvalue weighted by atomic mass is 10.0. The van der Waals surface area contributed by atoms with E-state index in [2.05, 4.69) is 9.97 Å². The summed E-state index contributed by atoms with van der Waals surface area (Å²) in [6.07, 6.45) is 2.25. The van der Waals surface area contributed by atoms with Crippen LogP contribution in [0.5, 0.6) is 0 Å². The van der Waals surface area contributed by atoms with Crippen molar-refractivity contribution in [3.05, 3.63) is 58.4 Å². The number of furan rings is 1. The molecule has 5 heteroatoms. The molecule has 1 atom stereocenters. The highest BCUT2D eigenvalue weighted by atomic mass is 16.3. The Morgan fingerprint density at radius 1 is 1.12 bits per heavy atom. The fourth-order valence-electron chi connectivity index (χ4n) is 1.84. The van der Waals surface area contributed by atoms with Crippen molar-refractivity contribution in [2.45, 2.75) is 6.10 Å². The molecule has 0 aliphatic rings. The van der Waals surface area contributed by atoms with E-state index in [9.17, 15) is 9.90 Å². The summed E-state index contributed by atoms with van der Waals surface area (Å²) >= 11 is 0. The van der Waals surface area contributed by atoms with Gasteiger partial charge in [-0.2, -0.15) is 0 Å². The van der Waals surface area contributed by atoms with E-state index in [-0.39, 0.29) is 5.69 Å². The van der Waals surface area contributed by atoms with Gasteiger partial charge in [-0.1, -0.05) is 6.07 Å². The Morgan fingerprint density at radius 2 is 1.94 bits per heavy atom. The molecule has 3 N–H and O–H groups in total. The highest BCUT2D eigenvalue weighted by Gasteiger charge is 2.12. The van der Waals surface area contributed by atoms with Crippen LogP contribution in [0.25, 0.3) is 11.0 Å². The number of rotatable bonds is 2. The maximum Gasteiger partial charge on any atom is 0.323 e. The van der Waals surface area contributed by atoms with Gasteiger partial charge >= 0.3 is 5.69 Å². The Kier molecular flexibility index (Phi) is 2.12. The van der Waals surface area contributed by atoms with Crippen molar-refractivity contribution in [2.75, 3.05) is 0 Å². The summed E-state index contributed by atoms with van der Waals surface area (Å²) in [5.74, 6) is 0. The van der Waals surface area contributed by atoms with E-state index in [1.54, 1.807) is 24.3 Å². The van der Waals surface area contributed by atoms with E-state index in [4.69, 9.17) is 4.42 Å². The molecule has 0 saturated carbocycles. The largest absolute Gasteiger partial charge is 0.472 e. The van der Waals surface area contributed by atoms with E-state index in [0.717, 1.165) is 5.52 Å². The molecule has 0 fully saturated rings. The number of hydrogen-bond donors (Lipinski definition) is 3. The minimum atomic E-state index is -0.753. The standard InChI is InChI=1S/C12H10N2O3/c15-11(8-3-4-17-6-8)7-1-2-9-10(5-7)14-12(16)13-9/h1-6,11,15H,(H2,13,14,16). The van der Waals surface area contributed by atoms with Crippen LogP contribution in [-0.2, 0) is 0 Å². The van der Waals surface area contributed by atoms with Gasteiger partial charge in [0.05, 0.1) is 23.6 Å². The van der Waals surface area contributed by atoms with Crippen molar-refractivity contribution in [3.63, 3.8) is 0 Å². The summed E-state index contributed by atoms with van der Waals surface area (Å²) in [6, 6.07) is 6.97. The molecule has 0 saturated heterocycles. The number of nitrogens with one attached hydrogen (secondary N) is 2. The third kappa shape index (κ3) is 1.66. The zero-order chi connectivity index (χ0) is 11.8. The number of aliphatic hydroxyl groups excluding tert-OH is 1. The topological polar surface area (TPSA) is 82.0 Å². The highest BCUT2D eigenvalue weighted by molar-refractivity contribution is 5.75. The van der Waals surface area contributed by atoms with Gasteiger partial charge in [-0.25, -0.2) is 4.79 Å². The van der Waals surface area contributed by atoms with Crippen LogP contribution in [-0.4, -0.2) is 15.1 Å². The van der Waals surface area contributed by atoms with Crippen LogP contribution in [0, 0.1) is 0 Å². The van der Waals surface area contributed by atoms with Crippen molar-refractivity contribution < 1.29 is 9.52 Å². The fourth-order valence-corrected chi connectivity index (χ4v) is 1.84. The molecule has 2 aromatic heterocycles. The van der Waals surface area contributed by atoms with Gasteiger partial charge in [-0.15, -0.1) is 0 Å². The maximum atomic E-state index is 11.1. The van der Waals surface area contributed by atoms with Gasteiger partial charge in [0.2, 0.25) is 0 Å².